The maximum Gasteiger partial charge on any atom is 0.408 e. The first-order valence-corrected chi connectivity index (χ1v) is 14.4. The Morgan fingerprint density at radius 3 is 2.05 bits per heavy atom. The Bertz CT molecular complexity index is 889. The van der Waals surface area contributed by atoms with E-state index in [1.54, 1.807) is 25.7 Å². The van der Waals surface area contributed by atoms with Crippen LogP contribution in [0.1, 0.15) is 117 Å². The van der Waals surface area contributed by atoms with Gasteiger partial charge < -0.3 is 20.3 Å². The van der Waals surface area contributed by atoms with E-state index in [-0.39, 0.29) is 23.8 Å². The first kappa shape index (κ1) is 33.5. The third-order valence-electron chi connectivity index (χ3n) is 6.92. The van der Waals surface area contributed by atoms with Gasteiger partial charge in [0, 0.05) is 12.6 Å². The number of amides is 3. The monoisotopic (exact) mass is 531 g/mol. The molecular formula is C31H53N3O4. The summed E-state index contributed by atoms with van der Waals surface area (Å²) in [4.78, 5) is 42.8. The number of nitrogens with zero attached hydrogens (tertiary/aromatic N) is 1. The number of unbranched alkanes of at least 4 members (excludes halogenated alkanes) is 2. The average molecular weight is 532 g/mol. The molecule has 2 N–H and O–H groups in total. The van der Waals surface area contributed by atoms with Crippen molar-refractivity contribution in [2.45, 2.75) is 131 Å². The highest BCUT2D eigenvalue weighted by molar-refractivity contribution is 5.92. The van der Waals surface area contributed by atoms with Crippen molar-refractivity contribution in [2.75, 3.05) is 6.54 Å². The minimum absolute atomic E-state index is 0.0165. The van der Waals surface area contributed by atoms with E-state index in [1.807, 2.05) is 52.8 Å². The fourth-order valence-electron chi connectivity index (χ4n) is 4.71. The SMILES string of the molecule is CCCCCN(C(=O)C(NC(=O)OC(C)(C)C)C(C)CC)C(C(=O)NC(C)CCC)c1c(C)cccc1C. The lowest BCUT2D eigenvalue weighted by atomic mass is 9.91. The summed E-state index contributed by atoms with van der Waals surface area (Å²) in [5.41, 5.74) is 2.08. The lowest BCUT2D eigenvalue weighted by Gasteiger charge is -2.37. The molecule has 1 aromatic rings. The number of alkyl carbamates (subject to hydrolysis) is 1. The summed E-state index contributed by atoms with van der Waals surface area (Å²) in [5, 5.41) is 6.02. The van der Waals surface area contributed by atoms with Crippen molar-refractivity contribution < 1.29 is 19.1 Å². The van der Waals surface area contributed by atoms with Crippen LogP contribution >= 0.6 is 0 Å². The zero-order valence-corrected chi connectivity index (χ0v) is 25.6. The van der Waals surface area contributed by atoms with Gasteiger partial charge in [-0.1, -0.05) is 71.6 Å². The molecule has 0 aliphatic rings. The highest BCUT2D eigenvalue weighted by Crippen LogP contribution is 2.30. The van der Waals surface area contributed by atoms with Crippen molar-refractivity contribution in [3.05, 3.63) is 34.9 Å². The van der Waals surface area contributed by atoms with Crippen molar-refractivity contribution in [1.82, 2.24) is 15.5 Å². The molecule has 4 unspecified atom stereocenters. The lowest BCUT2D eigenvalue weighted by molar-refractivity contribution is -0.143. The molecule has 38 heavy (non-hydrogen) atoms. The number of hydrogen-bond acceptors (Lipinski definition) is 4. The molecule has 4 atom stereocenters. The quantitative estimate of drug-likeness (QED) is 0.265. The lowest BCUT2D eigenvalue weighted by Crippen LogP contribution is -2.56. The van der Waals surface area contributed by atoms with Gasteiger partial charge in [0.25, 0.3) is 0 Å². The van der Waals surface area contributed by atoms with Gasteiger partial charge in [-0.2, -0.15) is 0 Å². The molecule has 0 bridgehead atoms. The molecule has 0 radical (unpaired) electrons. The number of carbonyl (C=O) groups excluding carboxylic acids is 3. The summed E-state index contributed by atoms with van der Waals surface area (Å²) < 4.78 is 5.50. The van der Waals surface area contributed by atoms with Gasteiger partial charge in [-0.05, 0) is 77.0 Å². The van der Waals surface area contributed by atoms with Crippen LogP contribution in [0, 0.1) is 19.8 Å². The molecular weight excluding hydrogens is 478 g/mol. The van der Waals surface area contributed by atoms with Gasteiger partial charge in [0.15, 0.2) is 0 Å². The van der Waals surface area contributed by atoms with E-state index in [4.69, 9.17) is 4.74 Å². The predicted octanol–water partition coefficient (Wildman–Crippen LogP) is 6.61. The van der Waals surface area contributed by atoms with Gasteiger partial charge in [0.05, 0.1) is 0 Å². The Kier molecular flexibility index (Phi) is 13.9. The molecule has 0 saturated carbocycles. The Morgan fingerprint density at radius 2 is 1.55 bits per heavy atom. The minimum atomic E-state index is -0.816. The van der Waals surface area contributed by atoms with Crippen molar-refractivity contribution in [1.29, 1.82) is 0 Å². The molecule has 0 spiro atoms. The van der Waals surface area contributed by atoms with Gasteiger partial charge >= 0.3 is 6.09 Å². The van der Waals surface area contributed by atoms with Gasteiger partial charge in [0.2, 0.25) is 11.8 Å². The summed E-state index contributed by atoms with van der Waals surface area (Å²) in [7, 11) is 0. The molecule has 0 aromatic heterocycles. The van der Waals surface area contributed by atoms with E-state index in [9.17, 15) is 14.4 Å². The Balaban J connectivity index is 3.63. The largest absolute Gasteiger partial charge is 0.444 e. The number of carbonyl (C=O) groups is 3. The zero-order chi connectivity index (χ0) is 29.0. The molecule has 0 fully saturated rings. The summed E-state index contributed by atoms with van der Waals surface area (Å²) in [6, 6.07) is 4.31. The molecule has 0 aliphatic carbocycles. The van der Waals surface area contributed by atoms with Gasteiger partial charge in [-0.3, -0.25) is 9.59 Å². The maximum atomic E-state index is 14.4. The number of hydrogen-bond donors (Lipinski definition) is 2. The van der Waals surface area contributed by atoms with Crippen molar-refractivity contribution in [3.63, 3.8) is 0 Å². The highest BCUT2D eigenvalue weighted by atomic mass is 16.6. The van der Waals surface area contributed by atoms with E-state index >= 15 is 0 Å². The molecule has 3 amide bonds. The predicted molar refractivity (Wildman–Crippen MR) is 155 cm³/mol. The second-order valence-corrected chi connectivity index (χ2v) is 11.7. The van der Waals surface area contributed by atoms with Crippen molar-refractivity contribution >= 4 is 17.9 Å². The van der Waals surface area contributed by atoms with Crippen LogP contribution in [0.5, 0.6) is 0 Å². The number of aryl methyl sites for hydroxylation is 2. The molecule has 1 aromatic carbocycles. The third-order valence-corrected chi connectivity index (χ3v) is 6.92. The van der Waals surface area contributed by atoms with Crippen LogP contribution < -0.4 is 10.6 Å². The standard InChI is InChI=1S/C31H53N3O4/c1-11-14-15-20-34(29(36)26(21(4)13-3)33-30(37)38-31(8,9)10)27(28(35)32-24(7)17-12-2)25-22(5)18-16-19-23(25)6/h16,18-19,21,24,26-27H,11-15,17,20H2,1-10H3,(H,32,35)(H,33,37). The Morgan fingerprint density at radius 1 is 0.947 bits per heavy atom. The summed E-state index contributed by atoms with van der Waals surface area (Å²) in [6.45, 7) is 19.9. The van der Waals surface area contributed by atoms with Crippen LogP contribution in [0.15, 0.2) is 18.2 Å². The van der Waals surface area contributed by atoms with Crippen molar-refractivity contribution in [3.8, 4) is 0 Å². The molecule has 1 rings (SSSR count). The summed E-state index contributed by atoms with van der Waals surface area (Å²) >= 11 is 0. The van der Waals surface area contributed by atoms with Crippen LogP contribution in [-0.4, -0.2) is 47.0 Å². The second-order valence-electron chi connectivity index (χ2n) is 11.7. The first-order valence-electron chi connectivity index (χ1n) is 14.4. The average Bonchev–Trinajstić information content (AvgIpc) is 2.81. The smallest absolute Gasteiger partial charge is 0.408 e. The molecule has 0 aliphatic heterocycles. The van der Waals surface area contributed by atoms with Crippen LogP contribution in [-0.2, 0) is 14.3 Å². The maximum absolute atomic E-state index is 14.4. The van der Waals surface area contributed by atoms with Crippen molar-refractivity contribution in [2.24, 2.45) is 5.92 Å². The topological polar surface area (TPSA) is 87.7 Å². The normalized spacial score (nSPS) is 14.7. The fraction of sp³-hybridized carbons (Fsp3) is 0.710. The van der Waals surface area contributed by atoms with E-state index in [0.717, 1.165) is 48.8 Å². The second kappa shape index (κ2) is 15.7. The number of nitrogens with one attached hydrogen (secondary N) is 2. The third kappa shape index (κ3) is 10.3. The zero-order valence-electron chi connectivity index (χ0n) is 25.6. The summed E-state index contributed by atoms with van der Waals surface area (Å²) in [6.07, 6.45) is 4.54. The fourth-order valence-corrected chi connectivity index (χ4v) is 4.71. The summed E-state index contributed by atoms with van der Waals surface area (Å²) in [5.74, 6) is -0.593. The molecule has 0 heterocycles. The van der Waals surface area contributed by atoms with E-state index < -0.39 is 23.8 Å². The number of rotatable bonds is 14. The van der Waals surface area contributed by atoms with Gasteiger partial charge in [0.1, 0.15) is 17.7 Å². The Hall–Kier alpha value is -2.57. The molecule has 7 nitrogen and oxygen atoms in total. The number of ether oxygens (including phenoxy) is 1. The van der Waals surface area contributed by atoms with Crippen LogP contribution in [0.2, 0.25) is 0 Å². The van der Waals surface area contributed by atoms with E-state index in [1.165, 1.54) is 0 Å². The first-order chi connectivity index (χ1) is 17.8. The minimum Gasteiger partial charge on any atom is -0.444 e. The van der Waals surface area contributed by atoms with Gasteiger partial charge in [-0.15, -0.1) is 0 Å². The van der Waals surface area contributed by atoms with Crippen LogP contribution in [0.4, 0.5) is 4.79 Å². The van der Waals surface area contributed by atoms with E-state index in [0.29, 0.717) is 13.0 Å². The number of benzene rings is 1. The molecule has 0 saturated heterocycles. The van der Waals surface area contributed by atoms with Gasteiger partial charge in [-0.25, -0.2) is 4.79 Å². The molecule has 7 heteroatoms. The van der Waals surface area contributed by atoms with Crippen LogP contribution in [0.3, 0.4) is 0 Å². The van der Waals surface area contributed by atoms with Crippen LogP contribution in [0.25, 0.3) is 0 Å². The highest BCUT2D eigenvalue weighted by Gasteiger charge is 2.39. The molecule has 216 valence electrons. The Labute approximate surface area is 231 Å². The van der Waals surface area contributed by atoms with E-state index in [2.05, 4.69) is 24.5 Å².